The van der Waals surface area contributed by atoms with Gasteiger partial charge in [0.2, 0.25) is 0 Å². The molecule has 84 valence electrons. The summed E-state index contributed by atoms with van der Waals surface area (Å²) >= 11 is 0. The summed E-state index contributed by atoms with van der Waals surface area (Å²) in [6, 6.07) is 3.79. The second-order valence-electron chi connectivity index (χ2n) is 3.05. The van der Waals surface area contributed by atoms with Crippen molar-refractivity contribution in [2.45, 2.75) is 18.6 Å². The van der Waals surface area contributed by atoms with E-state index in [2.05, 4.69) is 0 Å². The van der Waals surface area contributed by atoms with Gasteiger partial charge in [0, 0.05) is 6.42 Å². The number of nitriles is 2. The Morgan fingerprint density at radius 1 is 1.44 bits per heavy atom. The van der Waals surface area contributed by atoms with Crippen molar-refractivity contribution in [3.05, 3.63) is 0 Å². The molecule has 0 aromatic rings. The summed E-state index contributed by atoms with van der Waals surface area (Å²) in [4.78, 5) is 0. The summed E-state index contributed by atoms with van der Waals surface area (Å²) < 4.78 is 32.0. The number of rotatable bonds is 6. The molecule has 0 saturated carbocycles. The van der Waals surface area contributed by atoms with Crippen LogP contribution in [0.3, 0.4) is 0 Å². The first-order chi connectivity index (χ1) is 6.93. The van der Waals surface area contributed by atoms with Gasteiger partial charge in [-0.1, -0.05) is 0 Å². The van der Waals surface area contributed by atoms with Crippen LogP contribution in [-0.2, 0) is 10.1 Å². The fourth-order valence-corrected chi connectivity index (χ4v) is 2.90. The zero-order valence-corrected chi connectivity index (χ0v) is 14.2. The number of hydrogen-bond donors (Lipinski definition) is 0. The van der Waals surface area contributed by atoms with E-state index in [9.17, 15) is 13.0 Å². The molecule has 0 aromatic carbocycles. The molecule has 0 saturated heterocycles. The SMILES string of the molecule is CC(C(C#N)CPCCC#N)S(=O)(=O)[O-].[K+]. The second kappa shape index (κ2) is 9.93. The van der Waals surface area contributed by atoms with Crippen molar-refractivity contribution in [2.75, 3.05) is 12.3 Å². The van der Waals surface area contributed by atoms with Gasteiger partial charge in [-0.3, -0.25) is 0 Å². The van der Waals surface area contributed by atoms with Crippen LogP contribution >= 0.6 is 8.58 Å². The largest absolute Gasteiger partial charge is 1.00 e. The van der Waals surface area contributed by atoms with Crippen LogP contribution in [-0.4, -0.2) is 30.5 Å². The van der Waals surface area contributed by atoms with Crippen LogP contribution in [0.5, 0.6) is 0 Å². The van der Waals surface area contributed by atoms with Crippen molar-refractivity contribution in [2.24, 2.45) is 5.92 Å². The Hall–Kier alpha value is 0.956. The molecule has 0 aliphatic heterocycles. The first-order valence-corrected chi connectivity index (χ1v) is 7.24. The summed E-state index contributed by atoms with van der Waals surface area (Å²) in [7, 11) is -4.04. The quantitative estimate of drug-likeness (QED) is 0.235. The molecule has 0 heterocycles. The zero-order chi connectivity index (χ0) is 11.9. The van der Waals surface area contributed by atoms with Gasteiger partial charge in [-0.25, -0.2) is 8.42 Å². The van der Waals surface area contributed by atoms with Gasteiger partial charge in [0.05, 0.1) is 33.4 Å². The van der Waals surface area contributed by atoms with Gasteiger partial charge in [-0.2, -0.15) is 10.5 Å². The Bertz CT molecular complexity index is 374. The van der Waals surface area contributed by atoms with E-state index in [1.165, 1.54) is 6.92 Å². The number of hydrogen-bond acceptors (Lipinski definition) is 5. The molecule has 0 amide bonds. The standard InChI is InChI=1S/C8H13N2O3PS.K/c1-7(15(11,12)13)8(5-10)6-14-4-2-3-9;/h7-8,14H,2,4,6H2,1H3,(H,11,12,13);/q;+1/p-1. The molecule has 0 rings (SSSR count). The first-order valence-electron chi connectivity index (χ1n) is 4.35. The topological polar surface area (TPSA) is 105 Å². The predicted octanol–water partition coefficient (Wildman–Crippen LogP) is -2.34. The fraction of sp³-hybridized carbons (Fsp3) is 0.750. The molecule has 0 bridgehead atoms. The minimum Gasteiger partial charge on any atom is -0.748 e. The molecule has 0 spiro atoms. The maximum Gasteiger partial charge on any atom is 1.00 e. The maximum absolute atomic E-state index is 10.7. The van der Waals surface area contributed by atoms with Crippen LogP contribution in [0.25, 0.3) is 0 Å². The molecule has 0 aromatic heterocycles. The monoisotopic (exact) mass is 286 g/mol. The molecule has 0 aliphatic carbocycles. The minimum atomic E-state index is -4.39. The van der Waals surface area contributed by atoms with E-state index in [4.69, 9.17) is 10.5 Å². The summed E-state index contributed by atoms with van der Waals surface area (Å²) in [5.41, 5.74) is 0. The van der Waals surface area contributed by atoms with Crippen molar-refractivity contribution in [1.29, 1.82) is 10.5 Å². The molecular formula is C8H12KN2O3PS. The van der Waals surface area contributed by atoms with E-state index in [-0.39, 0.29) is 51.4 Å². The normalized spacial score (nSPS) is 14.8. The van der Waals surface area contributed by atoms with Crippen molar-refractivity contribution in [3.8, 4) is 12.1 Å². The molecule has 8 heteroatoms. The Balaban J connectivity index is 0. The van der Waals surface area contributed by atoms with Gasteiger partial charge < -0.3 is 4.55 Å². The summed E-state index contributed by atoms with van der Waals surface area (Å²) in [5, 5.41) is 15.8. The van der Waals surface area contributed by atoms with Crippen LogP contribution in [0.4, 0.5) is 0 Å². The Morgan fingerprint density at radius 2 is 2.00 bits per heavy atom. The van der Waals surface area contributed by atoms with Gasteiger partial charge in [-0.05, 0) is 19.2 Å². The molecule has 3 unspecified atom stereocenters. The van der Waals surface area contributed by atoms with Crippen LogP contribution in [0.1, 0.15) is 13.3 Å². The zero-order valence-electron chi connectivity index (χ0n) is 9.30. The molecule has 5 nitrogen and oxygen atoms in total. The van der Waals surface area contributed by atoms with Crippen LogP contribution < -0.4 is 51.4 Å². The second-order valence-corrected chi connectivity index (χ2v) is 6.18. The van der Waals surface area contributed by atoms with Gasteiger partial charge in [0.25, 0.3) is 0 Å². The van der Waals surface area contributed by atoms with Gasteiger partial charge in [0.1, 0.15) is 0 Å². The van der Waals surface area contributed by atoms with E-state index in [0.29, 0.717) is 27.3 Å². The third kappa shape index (κ3) is 8.11. The minimum absolute atomic E-state index is 0. The van der Waals surface area contributed by atoms with Crippen LogP contribution in [0, 0.1) is 28.6 Å². The van der Waals surface area contributed by atoms with E-state index in [1.54, 1.807) is 0 Å². The molecule has 0 radical (unpaired) electrons. The summed E-state index contributed by atoms with van der Waals surface area (Å²) in [6.07, 6.45) is 1.43. The first kappa shape index (κ1) is 19.3. The summed E-state index contributed by atoms with van der Waals surface area (Å²) in [6.45, 7) is 1.25. The molecule has 16 heavy (non-hydrogen) atoms. The molecule has 0 aliphatic rings. The predicted molar refractivity (Wildman–Crippen MR) is 56.5 cm³/mol. The van der Waals surface area contributed by atoms with Crippen molar-refractivity contribution >= 4 is 18.7 Å². The average Bonchev–Trinajstić information content (AvgIpc) is 2.16. The fourth-order valence-electron chi connectivity index (χ4n) is 0.920. The molecular weight excluding hydrogens is 274 g/mol. The van der Waals surface area contributed by atoms with Gasteiger partial charge >= 0.3 is 51.4 Å². The average molecular weight is 286 g/mol. The Kier molecular flexibility index (Phi) is 12.0. The Labute approximate surface area is 141 Å². The Morgan fingerprint density at radius 3 is 2.38 bits per heavy atom. The van der Waals surface area contributed by atoms with E-state index in [0.717, 1.165) is 0 Å². The van der Waals surface area contributed by atoms with Crippen LogP contribution in [0.15, 0.2) is 0 Å². The number of nitrogens with zero attached hydrogens (tertiary/aromatic N) is 2. The third-order valence-electron chi connectivity index (χ3n) is 1.97. The smallest absolute Gasteiger partial charge is 0.748 e. The molecule has 0 fully saturated rings. The van der Waals surface area contributed by atoms with E-state index < -0.39 is 21.3 Å². The van der Waals surface area contributed by atoms with Crippen molar-refractivity contribution in [1.82, 2.24) is 0 Å². The van der Waals surface area contributed by atoms with E-state index in [1.807, 2.05) is 12.1 Å². The molecule has 3 atom stereocenters. The summed E-state index contributed by atoms with van der Waals surface area (Å²) in [5.74, 6) is -0.760. The maximum atomic E-state index is 10.7. The van der Waals surface area contributed by atoms with Crippen molar-refractivity contribution in [3.63, 3.8) is 0 Å². The van der Waals surface area contributed by atoms with Crippen LogP contribution in [0.2, 0.25) is 0 Å². The van der Waals surface area contributed by atoms with E-state index >= 15 is 0 Å². The third-order valence-corrected chi connectivity index (χ3v) is 4.54. The van der Waals surface area contributed by atoms with Gasteiger partial charge in [-0.15, -0.1) is 8.58 Å². The van der Waals surface area contributed by atoms with Crippen molar-refractivity contribution < 1.29 is 64.4 Å². The van der Waals surface area contributed by atoms with Gasteiger partial charge in [0.15, 0.2) is 0 Å². The molecule has 0 N–H and O–H groups in total.